The van der Waals surface area contributed by atoms with Crippen molar-refractivity contribution in [3.05, 3.63) is 35.5 Å². The number of amides is 1. The second-order valence-electron chi connectivity index (χ2n) is 6.18. The molecule has 0 saturated carbocycles. The van der Waals surface area contributed by atoms with E-state index in [1.165, 1.54) is 0 Å². The quantitative estimate of drug-likeness (QED) is 0.855. The van der Waals surface area contributed by atoms with Crippen molar-refractivity contribution in [1.82, 2.24) is 20.4 Å². The standard InChI is InChI=1S/C16H21N5O3/c1-11-13(12(2)24-20-11)14(22)19-9-16(23)5-3-8-21(10-16)15-17-6-4-7-18-15/h4,6-7,23H,3,5,8-10H2,1-2H3,(H,19,22)/t16-/m1/s1. The zero-order valence-corrected chi connectivity index (χ0v) is 13.8. The molecule has 8 nitrogen and oxygen atoms in total. The Hall–Kier alpha value is -2.48. The fraction of sp³-hybridized carbons (Fsp3) is 0.500. The van der Waals surface area contributed by atoms with Gasteiger partial charge in [0.05, 0.1) is 17.8 Å². The summed E-state index contributed by atoms with van der Waals surface area (Å²) in [6, 6.07) is 1.75. The fourth-order valence-corrected chi connectivity index (χ4v) is 3.02. The summed E-state index contributed by atoms with van der Waals surface area (Å²) < 4.78 is 5.01. The Morgan fingerprint density at radius 1 is 1.42 bits per heavy atom. The maximum absolute atomic E-state index is 12.3. The molecule has 0 aromatic carbocycles. The van der Waals surface area contributed by atoms with Crippen LogP contribution in [0.2, 0.25) is 0 Å². The lowest BCUT2D eigenvalue weighted by atomic mass is 9.92. The molecule has 2 aromatic rings. The van der Waals surface area contributed by atoms with E-state index in [-0.39, 0.29) is 12.5 Å². The van der Waals surface area contributed by atoms with E-state index in [9.17, 15) is 9.90 Å². The number of nitrogens with one attached hydrogen (secondary N) is 1. The van der Waals surface area contributed by atoms with Gasteiger partial charge < -0.3 is 19.8 Å². The molecule has 8 heteroatoms. The summed E-state index contributed by atoms with van der Waals surface area (Å²) in [5.41, 5.74) is -0.0517. The van der Waals surface area contributed by atoms with E-state index in [1.54, 1.807) is 32.3 Å². The summed E-state index contributed by atoms with van der Waals surface area (Å²) >= 11 is 0. The van der Waals surface area contributed by atoms with Gasteiger partial charge in [-0.05, 0) is 32.8 Å². The van der Waals surface area contributed by atoms with Gasteiger partial charge in [0, 0.05) is 25.5 Å². The molecule has 128 valence electrons. The molecule has 1 atom stereocenters. The first-order valence-electron chi connectivity index (χ1n) is 7.94. The molecular weight excluding hydrogens is 310 g/mol. The lowest BCUT2D eigenvalue weighted by molar-refractivity contribution is 0.0252. The zero-order chi connectivity index (χ0) is 17.2. The highest BCUT2D eigenvalue weighted by molar-refractivity contribution is 5.96. The minimum atomic E-state index is -1.02. The lowest BCUT2D eigenvalue weighted by Crippen LogP contribution is -2.54. The molecular formula is C16H21N5O3. The van der Waals surface area contributed by atoms with Crippen LogP contribution in [0.3, 0.4) is 0 Å². The predicted octanol–water partition coefficient (Wildman–Crippen LogP) is 0.843. The van der Waals surface area contributed by atoms with Crippen LogP contribution in [0.4, 0.5) is 5.95 Å². The molecule has 0 spiro atoms. The summed E-state index contributed by atoms with van der Waals surface area (Å²) in [5, 5.41) is 17.4. The number of carbonyl (C=O) groups is 1. The maximum Gasteiger partial charge on any atom is 0.256 e. The van der Waals surface area contributed by atoms with Crippen molar-refractivity contribution in [2.75, 3.05) is 24.5 Å². The van der Waals surface area contributed by atoms with Gasteiger partial charge in [-0.1, -0.05) is 5.16 Å². The van der Waals surface area contributed by atoms with Crippen molar-refractivity contribution < 1.29 is 14.4 Å². The number of nitrogens with zero attached hydrogens (tertiary/aromatic N) is 4. The van der Waals surface area contributed by atoms with Gasteiger partial charge in [0.1, 0.15) is 11.3 Å². The number of carbonyl (C=O) groups excluding carboxylic acids is 1. The first kappa shape index (κ1) is 16.4. The molecule has 1 aliphatic heterocycles. The van der Waals surface area contributed by atoms with Crippen LogP contribution in [0.5, 0.6) is 0 Å². The van der Waals surface area contributed by atoms with Crippen molar-refractivity contribution in [2.45, 2.75) is 32.3 Å². The van der Waals surface area contributed by atoms with Gasteiger partial charge in [0.25, 0.3) is 5.91 Å². The minimum Gasteiger partial charge on any atom is -0.386 e. The molecule has 1 amide bonds. The van der Waals surface area contributed by atoms with Crippen LogP contribution in [-0.2, 0) is 0 Å². The Kier molecular flexibility index (Phi) is 4.48. The Morgan fingerprint density at radius 2 is 2.17 bits per heavy atom. The van der Waals surface area contributed by atoms with E-state index in [1.807, 2.05) is 4.90 Å². The Labute approximate surface area is 139 Å². The van der Waals surface area contributed by atoms with Gasteiger partial charge in [-0.3, -0.25) is 4.79 Å². The summed E-state index contributed by atoms with van der Waals surface area (Å²) in [5.74, 6) is 0.778. The Bertz CT molecular complexity index is 698. The third-order valence-corrected chi connectivity index (χ3v) is 4.23. The average Bonchev–Trinajstić information content (AvgIpc) is 2.92. The second-order valence-corrected chi connectivity index (χ2v) is 6.18. The number of aromatic nitrogens is 3. The molecule has 0 aliphatic carbocycles. The van der Waals surface area contributed by atoms with Crippen LogP contribution in [0.25, 0.3) is 0 Å². The van der Waals surface area contributed by atoms with Crippen molar-refractivity contribution in [1.29, 1.82) is 0 Å². The third-order valence-electron chi connectivity index (χ3n) is 4.23. The van der Waals surface area contributed by atoms with E-state index < -0.39 is 5.60 Å². The van der Waals surface area contributed by atoms with Gasteiger partial charge in [-0.2, -0.15) is 0 Å². The number of hydrogen-bond acceptors (Lipinski definition) is 7. The van der Waals surface area contributed by atoms with Gasteiger partial charge in [-0.15, -0.1) is 0 Å². The molecule has 0 bridgehead atoms. The predicted molar refractivity (Wildman–Crippen MR) is 86.7 cm³/mol. The number of β-amino-alcohol motifs (C(OH)–C–C–N with tert-alkyl or cyclic N) is 1. The fourth-order valence-electron chi connectivity index (χ4n) is 3.02. The Balaban J connectivity index is 1.65. The van der Waals surface area contributed by atoms with Crippen molar-refractivity contribution >= 4 is 11.9 Å². The Morgan fingerprint density at radius 3 is 2.83 bits per heavy atom. The summed E-state index contributed by atoms with van der Waals surface area (Å²) in [6.07, 6.45) is 4.76. The van der Waals surface area contributed by atoms with E-state index in [0.717, 1.165) is 13.0 Å². The highest BCUT2D eigenvalue weighted by Gasteiger charge is 2.35. The van der Waals surface area contributed by atoms with Crippen LogP contribution in [0, 0.1) is 13.8 Å². The summed E-state index contributed by atoms with van der Waals surface area (Å²) in [4.78, 5) is 22.7. The molecule has 1 saturated heterocycles. The SMILES string of the molecule is Cc1noc(C)c1C(=O)NC[C@]1(O)CCCN(c2ncccn2)C1. The first-order chi connectivity index (χ1) is 11.5. The normalized spacial score (nSPS) is 20.9. The number of aliphatic hydroxyl groups is 1. The van der Waals surface area contributed by atoms with Crippen LogP contribution in [0.15, 0.2) is 23.0 Å². The van der Waals surface area contributed by atoms with Gasteiger partial charge in [-0.25, -0.2) is 9.97 Å². The number of rotatable bonds is 4. The molecule has 1 aliphatic rings. The lowest BCUT2D eigenvalue weighted by Gasteiger charge is -2.39. The van der Waals surface area contributed by atoms with Crippen molar-refractivity contribution in [2.24, 2.45) is 0 Å². The molecule has 3 heterocycles. The van der Waals surface area contributed by atoms with Crippen LogP contribution >= 0.6 is 0 Å². The maximum atomic E-state index is 12.3. The van der Waals surface area contributed by atoms with Gasteiger partial charge in [0.2, 0.25) is 5.95 Å². The molecule has 0 radical (unpaired) electrons. The van der Waals surface area contributed by atoms with E-state index in [2.05, 4.69) is 20.4 Å². The van der Waals surface area contributed by atoms with Crippen LogP contribution in [-0.4, -0.2) is 51.4 Å². The summed E-state index contributed by atoms with van der Waals surface area (Å²) in [6.45, 7) is 4.72. The molecule has 3 rings (SSSR count). The largest absolute Gasteiger partial charge is 0.386 e. The van der Waals surface area contributed by atoms with Gasteiger partial charge >= 0.3 is 0 Å². The van der Waals surface area contributed by atoms with E-state index >= 15 is 0 Å². The highest BCUT2D eigenvalue weighted by atomic mass is 16.5. The average molecular weight is 331 g/mol. The highest BCUT2D eigenvalue weighted by Crippen LogP contribution is 2.23. The minimum absolute atomic E-state index is 0.152. The molecule has 2 aromatic heterocycles. The molecule has 0 unspecified atom stereocenters. The molecule has 2 N–H and O–H groups in total. The molecule has 1 fully saturated rings. The van der Waals surface area contributed by atoms with Crippen LogP contribution in [0.1, 0.15) is 34.7 Å². The molecule has 24 heavy (non-hydrogen) atoms. The van der Waals surface area contributed by atoms with Gasteiger partial charge in [0.15, 0.2) is 0 Å². The van der Waals surface area contributed by atoms with E-state index in [0.29, 0.717) is 35.9 Å². The number of hydrogen-bond donors (Lipinski definition) is 2. The number of piperidine rings is 1. The van der Waals surface area contributed by atoms with Crippen molar-refractivity contribution in [3.8, 4) is 0 Å². The van der Waals surface area contributed by atoms with Crippen LogP contribution < -0.4 is 10.2 Å². The topological polar surface area (TPSA) is 104 Å². The first-order valence-corrected chi connectivity index (χ1v) is 7.94. The van der Waals surface area contributed by atoms with E-state index in [4.69, 9.17) is 4.52 Å². The number of anilines is 1. The zero-order valence-electron chi connectivity index (χ0n) is 13.8. The summed E-state index contributed by atoms with van der Waals surface area (Å²) in [7, 11) is 0. The number of aryl methyl sites for hydroxylation is 2. The second kappa shape index (κ2) is 6.56. The third kappa shape index (κ3) is 3.38. The smallest absolute Gasteiger partial charge is 0.256 e. The van der Waals surface area contributed by atoms with Crippen molar-refractivity contribution in [3.63, 3.8) is 0 Å². The monoisotopic (exact) mass is 331 g/mol.